The van der Waals surface area contributed by atoms with Crippen LogP contribution in [0.3, 0.4) is 0 Å². The Morgan fingerprint density at radius 3 is 2.87 bits per heavy atom. The highest BCUT2D eigenvalue weighted by Crippen LogP contribution is 2.27. The van der Waals surface area contributed by atoms with E-state index in [0.717, 1.165) is 22.3 Å². The fraction of sp³-hybridized carbons (Fsp3) is 0.182. The largest absolute Gasteiger partial charge is 0.329 e. The van der Waals surface area contributed by atoms with Crippen LogP contribution in [-0.4, -0.2) is 16.1 Å². The van der Waals surface area contributed by atoms with Crippen molar-refractivity contribution in [1.29, 1.82) is 0 Å². The number of imidazole rings is 1. The lowest BCUT2D eigenvalue weighted by atomic mass is 10.2. The summed E-state index contributed by atoms with van der Waals surface area (Å²) in [5.74, 6) is 0. The Balaban J connectivity index is 2.45. The van der Waals surface area contributed by atoms with Crippen LogP contribution in [0.15, 0.2) is 41.3 Å². The molecule has 2 rings (SSSR count). The third-order valence-electron chi connectivity index (χ3n) is 2.23. The molecule has 0 radical (unpaired) electrons. The molecule has 4 heteroatoms. The summed E-state index contributed by atoms with van der Waals surface area (Å²) in [5.41, 5.74) is 7.78. The van der Waals surface area contributed by atoms with E-state index in [4.69, 9.17) is 5.73 Å². The average molecular weight is 266 g/mol. The van der Waals surface area contributed by atoms with E-state index in [1.807, 2.05) is 30.7 Å². The van der Waals surface area contributed by atoms with Crippen molar-refractivity contribution in [3.63, 3.8) is 0 Å². The van der Waals surface area contributed by atoms with Gasteiger partial charge in [0.15, 0.2) is 0 Å². The average Bonchev–Trinajstić information content (AvgIpc) is 2.67. The van der Waals surface area contributed by atoms with E-state index in [1.165, 1.54) is 0 Å². The second-order valence-electron chi connectivity index (χ2n) is 3.24. The second kappa shape index (κ2) is 4.59. The summed E-state index contributed by atoms with van der Waals surface area (Å²) >= 11 is 3.53. The zero-order valence-corrected chi connectivity index (χ0v) is 9.81. The smallest absolute Gasteiger partial charge is 0.0951 e. The molecule has 0 fully saturated rings. The van der Waals surface area contributed by atoms with Crippen molar-refractivity contribution in [2.24, 2.45) is 5.73 Å². The molecule has 1 aromatic carbocycles. The summed E-state index contributed by atoms with van der Waals surface area (Å²) in [6, 6.07) is 8.10. The highest BCUT2D eigenvalue weighted by atomic mass is 79.9. The molecule has 0 saturated carbocycles. The SMILES string of the molecule is NCCn1cncc1-c1ccccc1Br. The maximum absolute atomic E-state index is 5.54. The lowest BCUT2D eigenvalue weighted by Crippen LogP contribution is -2.09. The molecule has 1 aromatic heterocycles. The van der Waals surface area contributed by atoms with Crippen molar-refractivity contribution in [1.82, 2.24) is 9.55 Å². The van der Waals surface area contributed by atoms with Crippen molar-refractivity contribution in [3.05, 3.63) is 41.3 Å². The van der Waals surface area contributed by atoms with Gasteiger partial charge in [0.25, 0.3) is 0 Å². The predicted octanol–water partition coefficient (Wildman–Crippen LogP) is 2.27. The molecular formula is C11H12BrN3. The number of hydrogen-bond donors (Lipinski definition) is 1. The molecule has 1 heterocycles. The number of benzene rings is 1. The van der Waals surface area contributed by atoms with Crippen molar-refractivity contribution in [2.75, 3.05) is 6.54 Å². The Morgan fingerprint density at radius 1 is 1.33 bits per heavy atom. The van der Waals surface area contributed by atoms with Crippen LogP contribution in [0.5, 0.6) is 0 Å². The summed E-state index contributed by atoms with van der Waals surface area (Å²) in [4.78, 5) is 4.14. The summed E-state index contributed by atoms with van der Waals surface area (Å²) in [7, 11) is 0. The maximum atomic E-state index is 5.54. The highest BCUT2D eigenvalue weighted by Gasteiger charge is 2.06. The third-order valence-corrected chi connectivity index (χ3v) is 2.92. The summed E-state index contributed by atoms with van der Waals surface area (Å²) in [6.45, 7) is 1.41. The van der Waals surface area contributed by atoms with Gasteiger partial charge in [-0.2, -0.15) is 0 Å². The quantitative estimate of drug-likeness (QED) is 0.926. The normalized spacial score (nSPS) is 10.5. The van der Waals surface area contributed by atoms with Crippen LogP contribution in [0.1, 0.15) is 0 Å². The molecule has 0 spiro atoms. The highest BCUT2D eigenvalue weighted by molar-refractivity contribution is 9.10. The number of nitrogens with two attached hydrogens (primary N) is 1. The fourth-order valence-corrected chi connectivity index (χ4v) is 2.02. The molecular weight excluding hydrogens is 254 g/mol. The van der Waals surface area contributed by atoms with Crippen LogP contribution in [0.2, 0.25) is 0 Å². The lowest BCUT2D eigenvalue weighted by molar-refractivity contribution is 0.713. The van der Waals surface area contributed by atoms with Gasteiger partial charge in [-0.05, 0) is 6.07 Å². The van der Waals surface area contributed by atoms with Gasteiger partial charge in [0, 0.05) is 23.1 Å². The van der Waals surface area contributed by atoms with Crippen LogP contribution < -0.4 is 5.73 Å². The molecule has 0 amide bonds. The van der Waals surface area contributed by atoms with Crippen molar-refractivity contribution in [3.8, 4) is 11.3 Å². The molecule has 2 aromatic rings. The van der Waals surface area contributed by atoms with Gasteiger partial charge >= 0.3 is 0 Å². The standard InChI is InChI=1S/C11H12BrN3/c12-10-4-2-1-3-9(10)11-7-14-8-15(11)6-5-13/h1-4,7-8H,5-6,13H2. The first-order chi connectivity index (χ1) is 7.33. The number of halogens is 1. The van der Waals surface area contributed by atoms with Gasteiger partial charge in [-0.25, -0.2) is 4.98 Å². The van der Waals surface area contributed by atoms with Crippen molar-refractivity contribution < 1.29 is 0 Å². The van der Waals surface area contributed by atoms with Crippen LogP contribution in [0.4, 0.5) is 0 Å². The van der Waals surface area contributed by atoms with E-state index in [0.29, 0.717) is 6.54 Å². The molecule has 0 saturated heterocycles. The van der Waals surface area contributed by atoms with Crippen molar-refractivity contribution in [2.45, 2.75) is 6.54 Å². The molecule has 0 unspecified atom stereocenters. The van der Waals surface area contributed by atoms with E-state index >= 15 is 0 Å². The van der Waals surface area contributed by atoms with Gasteiger partial charge in [-0.15, -0.1) is 0 Å². The lowest BCUT2D eigenvalue weighted by Gasteiger charge is -2.07. The first-order valence-corrected chi connectivity index (χ1v) is 5.57. The minimum atomic E-state index is 0.619. The molecule has 0 aliphatic heterocycles. The second-order valence-corrected chi connectivity index (χ2v) is 4.10. The van der Waals surface area contributed by atoms with Crippen LogP contribution in [-0.2, 0) is 6.54 Å². The molecule has 0 bridgehead atoms. The third kappa shape index (κ3) is 2.11. The molecule has 15 heavy (non-hydrogen) atoms. The first-order valence-electron chi connectivity index (χ1n) is 4.78. The Hall–Kier alpha value is -1.13. The number of nitrogens with zero attached hydrogens (tertiary/aromatic N) is 2. The number of hydrogen-bond acceptors (Lipinski definition) is 2. The van der Waals surface area contributed by atoms with Crippen LogP contribution >= 0.6 is 15.9 Å². The summed E-state index contributed by atoms with van der Waals surface area (Å²) in [6.07, 6.45) is 3.66. The first kappa shape index (κ1) is 10.4. The van der Waals surface area contributed by atoms with E-state index in [9.17, 15) is 0 Å². The van der Waals surface area contributed by atoms with Gasteiger partial charge in [0.05, 0.1) is 18.2 Å². The molecule has 3 nitrogen and oxygen atoms in total. The molecule has 78 valence electrons. The minimum absolute atomic E-state index is 0.619. The van der Waals surface area contributed by atoms with Gasteiger partial charge in [-0.3, -0.25) is 0 Å². The van der Waals surface area contributed by atoms with E-state index in [1.54, 1.807) is 0 Å². The fourth-order valence-electron chi connectivity index (χ4n) is 1.53. The summed E-state index contributed by atoms with van der Waals surface area (Å²) in [5, 5.41) is 0. The van der Waals surface area contributed by atoms with Crippen LogP contribution in [0, 0.1) is 0 Å². The van der Waals surface area contributed by atoms with Gasteiger partial charge in [0.1, 0.15) is 0 Å². The van der Waals surface area contributed by atoms with Gasteiger partial charge in [0.2, 0.25) is 0 Å². The Kier molecular flexibility index (Phi) is 3.18. The molecule has 0 aliphatic rings. The van der Waals surface area contributed by atoms with Crippen molar-refractivity contribution >= 4 is 15.9 Å². The predicted molar refractivity (Wildman–Crippen MR) is 64.4 cm³/mol. The molecule has 0 atom stereocenters. The minimum Gasteiger partial charge on any atom is -0.329 e. The monoisotopic (exact) mass is 265 g/mol. The summed E-state index contributed by atoms with van der Waals surface area (Å²) < 4.78 is 3.13. The van der Waals surface area contributed by atoms with Crippen LogP contribution in [0.25, 0.3) is 11.3 Å². The van der Waals surface area contributed by atoms with Gasteiger partial charge in [-0.1, -0.05) is 34.1 Å². The zero-order valence-electron chi connectivity index (χ0n) is 8.23. The number of aromatic nitrogens is 2. The maximum Gasteiger partial charge on any atom is 0.0951 e. The molecule has 0 aliphatic carbocycles. The Bertz CT molecular complexity index is 451. The topological polar surface area (TPSA) is 43.8 Å². The van der Waals surface area contributed by atoms with Gasteiger partial charge < -0.3 is 10.3 Å². The van der Waals surface area contributed by atoms with E-state index in [-0.39, 0.29) is 0 Å². The van der Waals surface area contributed by atoms with E-state index < -0.39 is 0 Å². The zero-order chi connectivity index (χ0) is 10.7. The van der Waals surface area contributed by atoms with E-state index in [2.05, 4.69) is 31.5 Å². The Morgan fingerprint density at radius 2 is 2.13 bits per heavy atom. The molecule has 2 N–H and O–H groups in total. The Labute approximate surface area is 97.1 Å². The number of rotatable bonds is 3.